The molecule has 2 aromatic heterocycles. The Bertz CT molecular complexity index is 1520. The molecule has 0 radical (unpaired) electrons. The zero-order valence-electron chi connectivity index (χ0n) is 18.6. The second-order valence-electron chi connectivity index (χ2n) is 7.81. The first-order valence-electron chi connectivity index (χ1n) is 10.8. The molecule has 0 saturated heterocycles. The fourth-order valence-corrected chi connectivity index (χ4v) is 3.80. The van der Waals surface area contributed by atoms with E-state index in [1.807, 2.05) is 37.3 Å². The molecule has 10 nitrogen and oxygen atoms in total. The highest BCUT2D eigenvalue weighted by Crippen LogP contribution is 2.19. The van der Waals surface area contributed by atoms with Gasteiger partial charge in [0, 0.05) is 6.54 Å². The molecule has 4 rings (SSSR count). The standard InChI is InChI=1S/C24H24N6O4/c1-2-12-29(19(31)14-28-15-26-18-11-7-6-10-17(18)23(28)33)20-21(25)30(24(34)27-22(20)32)13-16-8-4-3-5-9-16/h3-11,15H,2,12-14,25H2,1H3,(H,27,32,34). The Labute approximate surface area is 193 Å². The third-order valence-electron chi connectivity index (χ3n) is 5.45. The largest absolute Gasteiger partial charge is 0.383 e. The lowest BCUT2D eigenvalue weighted by Gasteiger charge is -2.24. The summed E-state index contributed by atoms with van der Waals surface area (Å²) in [5, 5.41) is 0.383. The average molecular weight is 460 g/mol. The van der Waals surface area contributed by atoms with E-state index in [9.17, 15) is 19.2 Å². The number of fused-ring (bicyclic) bond motifs is 1. The number of hydrogen-bond acceptors (Lipinski definition) is 6. The van der Waals surface area contributed by atoms with Gasteiger partial charge in [-0.25, -0.2) is 9.78 Å². The van der Waals surface area contributed by atoms with Crippen LogP contribution in [-0.4, -0.2) is 31.6 Å². The number of rotatable bonds is 7. The molecule has 0 bridgehead atoms. The van der Waals surface area contributed by atoms with Gasteiger partial charge in [0.05, 0.1) is 23.8 Å². The Morgan fingerprint density at radius 3 is 2.50 bits per heavy atom. The van der Waals surface area contributed by atoms with Crippen molar-refractivity contribution in [1.29, 1.82) is 0 Å². The molecule has 4 aromatic rings. The normalized spacial score (nSPS) is 11.0. The molecule has 2 heterocycles. The van der Waals surface area contributed by atoms with Crippen LogP contribution in [-0.2, 0) is 17.9 Å². The number of benzene rings is 2. The zero-order chi connectivity index (χ0) is 24.2. The van der Waals surface area contributed by atoms with Crippen LogP contribution >= 0.6 is 0 Å². The number of nitrogen functional groups attached to an aromatic ring is 1. The maximum atomic E-state index is 13.3. The Hall–Kier alpha value is -4.47. The number of aromatic amines is 1. The van der Waals surface area contributed by atoms with Crippen LogP contribution in [0, 0.1) is 0 Å². The fraction of sp³-hybridized carbons (Fsp3) is 0.208. The molecule has 2 aromatic carbocycles. The summed E-state index contributed by atoms with van der Waals surface area (Å²) in [6, 6.07) is 16.0. The predicted octanol–water partition coefficient (Wildman–Crippen LogP) is 1.32. The first kappa shape index (κ1) is 22.7. The molecule has 0 unspecified atom stereocenters. The lowest BCUT2D eigenvalue weighted by atomic mass is 10.2. The highest BCUT2D eigenvalue weighted by atomic mass is 16.2. The zero-order valence-corrected chi connectivity index (χ0v) is 18.6. The summed E-state index contributed by atoms with van der Waals surface area (Å²) in [6.45, 7) is 1.80. The topological polar surface area (TPSA) is 136 Å². The van der Waals surface area contributed by atoms with Crippen LogP contribution in [0.5, 0.6) is 0 Å². The van der Waals surface area contributed by atoms with E-state index in [4.69, 9.17) is 5.73 Å². The van der Waals surface area contributed by atoms with Crippen molar-refractivity contribution in [2.45, 2.75) is 26.4 Å². The van der Waals surface area contributed by atoms with Crippen molar-refractivity contribution in [1.82, 2.24) is 19.1 Å². The van der Waals surface area contributed by atoms with Crippen molar-refractivity contribution >= 4 is 28.3 Å². The first-order chi connectivity index (χ1) is 16.4. The molecule has 0 fully saturated rings. The van der Waals surface area contributed by atoms with E-state index in [0.717, 1.165) is 5.56 Å². The summed E-state index contributed by atoms with van der Waals surface area (Å²) in [7, 11) is 0. The number of carbonyl (C=O) groups excluding carboxylic acids is 1. The third kappa shape index (κ3) is 4.38. The van der Waals surface area contributed by atoms with Crippen LogP contribution in [0.15, 0.2) is 75.3 Å². The number of aromatic nitrogens is 4. The number of nitrogens with one attached hydrogen (secondary N) is 1. The SMILES string of the molecule is CCCN(C(=O)Cn1cnc2ccccc2c1=O)c1c(N)n(Cc2ccccc2)c(=O)[nH]c1=O. The van der Waals surface area contributed by atoms with Crippen molar-refractivity contribution in [2.24, 2.45) is 0 Å². The van der Waals surface area contributed by atoms with E-state index in [2.05, 4.69) is 9.97 Å². The second kappa shape index (κ2) is 9.57. The number of nitrogens with two attached hydrogens (primary N) is 1. The molecule has 10 heteroatoms. The Morgan fingerprint density at radius 1 is 1.06 bits per heavy atom. The number of amides is 1. The molecule has 0 atom stereocenters. The van der Waals surface area contributed by atoms with Gasteiger partial charge in [-0.15, -0.1) is 0 Å². The Balaban J connectivity index is 1.73. The van der Waals surface area contributed by atoms with Crippen LogP contribution in [0.1, 0.15) is 18.9 Å². The molecule has 3 N–H and O–H groups in total. The van der Waals surface area contributed by atoms with Gasteiger partial charge >= 0.3 is 5.69 Å². The number of anilines is 2. The van der Waals surface area contributed by atoms with Crippen molar-refractivity contribution in [2.75, 3.05) is 17.2 Å². The summed E-state index contributed by atoms with van der Waals surface area (Å²) in [5.41, 5.74) is 5.66. The summed E-state index contributed by atoms with van der Waals surface area (Å²) in [4.78, 5) is 59.1. The summed E-state index contributed by atoms with van der Waals surface area (Å²) < 4.78 is 2.41. The second-order valence-corrected chi connectivity index (χ2v) is 7.81. The van der Waals surface area contributed by atoms with Gasteiger partial charge in [0.1, 0.15) is 12.4 Å². The minimum atomic E-state index is -0.766. The summed E-state index contributed by atoms with van der Waals surface area (Å²) in [6.07, 6.45) is 1.82. The van der Waals surface area contributed by atoms with Crippen molar-refractivity contribution in [3.05, 3.63) is 97.7 Å². The molecule has 0 aliphatic heterocycles. The third-order valence-corrected chi connectivity index (χ3v) is 5.45. The van der Waals surface area contributed by atoms with Gasteiger partial charge in [-0.2, -0.15) is 0 Å². The number of H-pyrrole nitrogens is 1. The van der Waals surface area contributed by atoms with Crippen LogP contribution in [0.3, 0.4) is 0 Å². The average Bonchev–Trinajstić information content (AvgIpc) is 2.83. The van der Waals surface area contributed by atoms with Gasteiger partial charge in [0.25, 0.3) is 11.1 Å². The van der Waals surface area contributed by atoms with E-state index < -0.39 is 17.2 Å². The smallest absolute Gasteiger partial charge is 0.330 e. The van der Waals surface area contributed by atoms with Crippen LogP contribution in [0.2, 0.25) is 0 Å². The van der Waals surface area contributed by atoms with E-state index in [-0.39, 0.29) is 36.7 Å². The molecule has 1 amide bonds. The van der Waals surface area contributed by atoms with E-state index >= 15 is 0 Å². The number of para-hydroxylation sites is 1. The number of nitrogens with zero attached hydrogens (tertiary/aromatic N) is 4. The van der Waals surface area contributed by atoms with Gasteiger partial charge in [-0.05, 0) is 24.1 Å². The van der Waals surface area contributed by atoms with Gasteiger partial charge in [-0.1, -0.05) is 49.4 Å². The monoisotopic (exact) mass is 460 g/mol. The molecule has 0 saturated carbocycles. The van der Waals surface area contributed by atoms with Gasteiger partial charge in [0.2, 0.25) is 5.91 Å². The van der Waals surface area contributed by atoms with E-state index in [0.29, 0.717) is 17.3 Å². The minimum Gasteiger partial charge on any atom is -0.383 e. The molecule has 174 valence electrons. The molecule has 0 aliphatic rings. The van der Waals surface area contributed by atoms with Gasteiger partial charge in [-0.3, -0.25) is 28.5 Å². The Kier molecular flexibility index (Phi) is 6.39. The van der Waals surface area contributed by atoms with Crippen molar-refractivity contribution in [3.63, 3.8) is 0 Å². The molecular weight excluding hydrogens is 436 g/mol. The molecule has 0 aliphatic carbocycles. The van der Waals surface area contributed by atoms with Gasteiger partial charge < -0.3 is 10.6 Å². The lowest BCUT2D eigenvalue weighted by molar-refractivity contribution is -0.119. The van der Waals surface area contributed by atoms with Crippen LogP contribution < -0.4 is 27.4 Å². The minimum absolute atomic E-state index is 0.121. The quantitative estimate of drug-likeness (QED) is 0.427. The highest BCUT2D eigenvalue weighted by Gasteiger charge is 2.24. The summed E-state index contributed by atoms with van der Waals surface area (Å²) >= 11 is 0. The maximum Gasteiger partial charge on any atom is 0.330 e. The highest BCUT2D eigenvalue weighted by molar-refractivity contribution is 5.95. The maximum absolute atomic E-state index is 13.3. The molecule has 34 heavy (non-hydrogen) atoms. The van der Waals surface area contributed by atoms with Gasteiger partial charge in [0.15, 0.2) is 5.69 Å². The van der Waals surface area contributed by atoms with Crippen LogP contribution in [0.4, 0.5) is 11.5 Å². The Morgan fingerprint density at radius 2 is 1.76 bits per heavy atom. The van der Waals surface area contributed by atoms with Crippen LogP contribution in [0.25, 0.3) is 10.9 Å². The first-order valence-corrected chi connectivity index (χ1v) is 10.8. The van der Waals surface area contributed by atoms with E-state index in [1.165, 1.54) is 20.4 Å². The number of hydrogen-bond donors (Lipinski definition) is 2. The number of carbonyl (C=O) groups is 1. The van der Waals surface area contributed by atoms with Crippen molar-refractivity contribution in [3.8, 4) is 0 Å². The fourth-order valence-electron chi connectivity index (χ4n) is 3.80. The van der Waals surface area contributed by atoms with E-state index in [1.54, 1.807) is 24.3 Å². The summed E-state index contributed by atoms with van der Waals surface area (Å²) in [5.74, 6) is -0.647. The molecular formula is C24H24N6O4. The van der Waals surface area contributed by atoms with Crippen molar-refractivity contribution < 1.29 is 4.79 Å². The molecule has 0 spiro atoms. The lowest BCUT2D eigenvalue weighted by Crippen LogP contribution is -2.43. The predicted molar refractivity (Wildman–Crippen MR) is 130 cm³/mol.